The van der Waals surface area contributed by atoms with E-state index in [4.69, 9.17) is 0 Å². The fraction of sp³-hybridized carbons (Fsp3) is 0.182. The van der Waals surface area contributed by atoms with E-state index in [0.29, 0.717) is 16.0 Å². The second kappa shape index (κ2) is 3.61. The summed E-state index contributed by atoms with van der Waals surface area (Å²) in [6.45, 7) is 1.92. The minimum Gasteiger partial charge on any atom is -0.307 e. The molecular formula is C11H8BrN3OS. The molecule has 2 aromatic heterocycles. The fourth-order valence-corrected chi connectivity index (χ4v) is 3.18. The van der Waals surface area contributed by atoms with Crippen molar-refractivity contribution in [3.8, 4) is 0 Å². The van der Waals surface area contributed by atoms with Crippen molar-refractivity contribution in [1.29, 1.82) is 0 Å². The Bertz CT molecular complexity index is 701. The molecule has 3 rings (SSSR count). The van der Waals surface area contributed by atoms with Crippen LogP contribution in [0, 0.1) is 0 Å². The Balaban J connectivity index is 2.29. The monoisotopic (exact) mass is 309 g/mol. The predicted octanol–water partition coefficient (Wildman–Crippen LogP) is 2.60. The molecule has 1 N–H and O–H groups in total. The van der Waals surface area contributed by atoms with Gasteiger partial charge in [-0.2, -0.15) is 0 Å². The lowest BCUT2D eigenvalue weighted by molar-refractivity contribution is 0.597. The lowest BCUT2D eigenvalue weighted by Crippen LogP contribution is -2.22. The standard InChI is InChI=1S/C11H8BrN3OS/c1-11(3-2-4-13-11)10-14-6-5-7(12)17-8(6)9(16)15-10/h2-5H,1H3,(H,14,15,16)/t11-/m0/s1. The Morgan fingerprint density at radius 2 is 2.35 bits per heavy atom. The largest absolute Gasteiger partial charge is 0.307 e. The highest BCUT2D eigenvalue weighted by molar-refractivity contribution is 9.11. The molecule has 0 saturated carbocycles. The Kier molecular flexibility index (Phi) is 2.31. The summed E-state index contributed by atoms with van der Waals surface area (Å²) in [5.41, 5.74) is 0.0386. The van der Waals surface area contributed by atoms with E-state index in [1.54, 1.807) is 6.21 Å². The molecular weight excluding hydrogens is 302 g/mol. The molecule has 0 fully saturated rings. The van der Waals surface area contributed by atoms with Crippen LogP contribution in [0.4, 0.5) is 0 Å². The van der Waals surface area contributed by atoms with Gasteiger partial charge in [0.1, 0.15) is 16.1 Å². The van der Waals surface area contributed by atoms with Crippen molar-refractivity contribution in [1.82, 2.24) is 9.97 Å². The van der Waals surface area contributed by atoms with Crippen molar-refractivity contribution >= 4 is 43.7 Å². The highest BCUT2D eigenvalue weighted by Crippen LogP contribution is 2.30. The van der Waals surface area contributed by atoms with Crippen LogP contribution in [-0.2, 0) is 5.54 Å². The summed E-state index contributed by atoms with van der Waals surface area (Å²) in [5, 5.41) is 0. The van der Waals surface area contributed by atoms with E-state index >= 15 is 0 Å². The number of aromatic nitrogens is 2. The number of rotatable bonds is 1. The molecule has 0 aliphatic carbocycles. The molecule has 0 unspecified atom stereocenters. The molecule has 4 nitrogen and oxygen atoms in total. The van der Waals surface area contributed by atoms with Crippen LogP contribution < -0.4 is 5.56 Å². The first kappa shape index (κ1) is 10.9. The van der Waals surface area contributed by atoms with Gasteiger partial charge in [-0.15, -0.1) is 11.3 Å². The highest BCUT2D eigenvalue weighted by atomic mass is 79.9. The zero-order chi connectivity index (χ0) is 12.0. The number of nitrogens with one attached hydrogen (secondary N) is 1. The summed E-state index contributed by atoms with van der Waals surface area (Å²) >= 11 is 4.75. The maximum atomic E-state index is 11.9. The molecule has 0 bridgehead atoms. The number of aromatic amines is 1. The Morgan fingerprint density at radius 3 is 3.06 bits per heavy atom. The average molecular weight is 310 g/mol. The second-order valence-corrected chi connectivity index (χ2v) is 6.40. The first-order valence-corrected chi connectivity index (χ1v) is 6.62. The Labute approximate surface area is 109 Å². The van der Waals surface area contributed by atoms with Crippen LogP contribution in [-0.4, -0.2) is 16.2 Å². The molecule has 17 heavy (non-hydrogen) atoms. The van der Waals surface area contributed by atoms with Gasteiger partial charge in [-0.1, -0.05) is 0 Å². The van der Waals surface area contributed by atoms with E-state index in [2.05, 4.69) is 30.9 Å². The van der Waals surface area contributed by atoms with Gasteiger partial charge < -0.3 is 4.98 Å². The van der Waals surface area contributed by atoms with Crippen LogP contribution in [0.1, 0.15) is 12.7 Å². The van der Waals surface area contributed by atoms with Crippen LogP contribution in [0.2, 0.25) is 0 Å². The number of thiophene rings is 1. The van der Waals surface area contributed by atoms with Crippen molar-refractivity contribution in [2.45, 2.75) is 12.5 Å². The molecule has 6 heteroatoms. The van der Waals surface area contributed by atoms with Crippen LogP contribution >= 0.6 is 27.3 Å². The summed E-state index contributed by atoms with van der Waals surface area (Å²) in [6, 6.07) is 1.85. The highest BCUT2D eigenvalue weighted by Gasteiger charge is 2.27. The van der Waals surface area contributed by atoms with E-state index in [1.807, 2.05) is 25.1 Å². The van der Waals surface area contributed by atoms with Crippen molar-refractivity contribution < 1.29 is 0 Å². The first-order valence-electron chi connectivity index (χ1n) is 5.01. The van der Waals surface area contributed by atoms with Gasteiger partial charge in [-0.05, 0) is 41.1 Å². The predicted molar refractivity (Wildman–Crippen MR) is 72.9 cm³/mol. The van der Waals surface area contributed by atoms with Gasteiger partial charge in [0.05, 0.1) is 9.30 Å². The summed E-state index contributed by atoms with van der Waals surface area (Å²) in [4.78, 5) is 23.5. The SMILES string of the molecule is C[C@@]1(c2nc3cc(Br)sc3c(=O)[nH]2)C=CC=N1. The summed E-state index contributed by atoms with van der Waals surface area (Å²) < 4.78 is 1.54. The first-order chi connectivity index (χ1) is 8.08. The number of hydrogen-bond donors (Lipinski definition) is 1. The third-order valence-corrected chi connectivity index (χ3v) is 4.31. The van der Waals surface area contributed by atoms with Crippen LogP contribution in [0.15, 0.2) is 31.8 Å². The summed E-state index contributed by atoms with van der Waals surface area (Å²) in [5.74, 6) is 0.574. The molecule has 0 saturated heterocycles. The Hall–Kier alpha value is -1.27. The average Bonchev–Trinajstić information content (AvgIpc) is 2.85. The molecule has 1 aliphatic heterocycles. The molecule has 0 radical (unpaired) electrons. The number of fused-ring (bicyclic) bond motifs is 1. The number of halogens is 1. The number of allylic oxidation sites excluding steroid dienone is 1. The molecule has 1 aliphatic rings. The molecule has 3 heterocycles. The van der Waals surface area contributed by atoms with Crippen LogP contribution in [0.3, 0.4) is 0 Å². The number of aliphatic imine (C=N–C) groups is 1. The lowest BCUT2D eigenvalue weighted by atomic mass is 10.0. The van der Waals surface area contributed by atoms with E-state index in [-0.39, 0.29) is 5.56 Å². The molecule has 1 atom stereocenters. The van der Waals surface area contributed by atoms with Gasteiger partial charge >= 0.3 is 0 Å². The van der Waals surface area contributed by atoms with Gasteiger partial charge in [0.2, 0.25) is 0 Å². The maximum absolute atomic E-state index is 11.9. The minimum absolute atomic E-state index is 0.113. The molecule has 0 aromatic carbocycles. The minimum atomic E-state index is -0.554. The van der Waals surface area contributed by atoms with Crippen molar-refractivity contribution in [3.05, 3.63) is 38.2 Å². The van der Waals surface area contributed by atoms with Crippen LogP contribution in [0.5, 0.6) is 0 Å². The fourth-order valence-electron chi connectivity index (χ4n) is 1.76. The number of nitrogens with zero attached hydrogens (tertiary/aromatic N) is 2. The smallest absolute Gasteiger partial charge is 0.268 e. The number of hydrogen-bond acceptors (Lipinski definition) is 4. The van der Waals surface area contributed by atoms with Gasteiger partial charge in [0.25, 0.3) is 5.56 Å². The van der Waals surface area contributed by atoms with Gasteiger partial charge in [0.15, 0.2) is 0 Å². The van der Waals surface area contributed by atoms with Crippen molar-refractivity contribution in [3.63, 3.8) is 0 Å². The molecule has 0 spiro atoms. The lowest BCUT2D eigenvalue weighted by Gasteiger charge is -2.16. The summed E-state index contributed by atoms with van der Waals surface area (Å²) in [6.07, 6.45) is 5.49. The topological polar surface area (TPSA) is 58.1 Å². The third-order valence-electron chi connectivity index (χ3n) is 2.68. The quantitative estimate of drug-likeness (QED) is 0.880. The third kappa shape index (κ3) is 1.68. The van der Waals surface area contributed by atoms with Crippen molar-refractivity contribution in [2.75, 3.05) is 0 Å². The molecule has 2 aromatic rings. The van der Waals surface area contributed by atoms with E-state index < -0.39 is 5.54 Å². The van der Waals surface area contributed by atoms with Crippen molar-refractivity contribution in [2.24, 2.45) is 4.99 Å². The summed E-state index contributed by atoms with van der Waals surface area (Å²) in [7, 11) is 0. The van der Waals surface area contributed by atoms with E-state index in [0.717, 1.165) is 3.79 Å². The zero-order valence-corrected chi connectivity index (χ0v) is 11.3. The van der Waals surface area contributed by atoms with Gasteiger partial charge in [-0.3, -0.25) is 9.79 Å². The molecule has 0 amide bonds. The number of H-pyrrole nitrogens is 1. The maximum Gasteiger partial charge on any atom is 0.268 e. The van der Waals surface area contributed by atoms with Gasteiger partial charge in [0, 0.05) is 6.21 Å². The van der Waals surface area contributed by atoms with E-state index in [9.17, 15) is 4.79 Å². The Morgan fingerprint density at radius 1 is 1.53 bits per heavy atom. The van der Waals surface area contributed by atoms with Gasteiger partial charge in [-0.25, -0.2) is 4.98 Å². The molecule has 86 valence electrons. The normalized spacial score (nSPS) is 22.7. The zero-order valence-electron chi connectivity index (χ0n) is 8.90. The second-order valence-electron chi connectivity index (χ2n) is 3.96. The van der Waals surface area contributed by atoms with Crippen LogP contribution in [0.25, 0.3) is 10.2 Å². The van der Waals surface area contributed by atoms with E-state index in [1.165, 1.54) is 11.3 Å².